The number of hydrogen-bond acceptors (Lipinski definition) is 4. The monoisotopic (exact) mass is 421 g/mol. The van der Waals surface area contributed by atoms with Crippen LogP contribution in [0, 0.1) is 6.92 Å². The summed E-state index contributed by atoms with van der Waals surface area (Å²) in [5.41, 5.74) is 2.44. The second-order valence-corrected chi connectivity index (χ2v) is 8.76. The van der Waals surface area contributed by atoms with Gasteiger partial charge in [0, 0.05) is 12.6 Å². The van der Waals surface area contributed by atoms with Crippen molar-refractivity contribution in [2.75, 3.05) is 12.3 Å². The Hall–Kier alpha value is -2.60. The van der Waals surface area contributed by atoms with Crippen LogP contribution in [-0.2, 0) is 4.79 Å². The Bertz CT molecular complexity index is 1110. The zero-order chi connectivity index (χ0) is 21.1. The summed E-state index contributed by atoms with van der Waals surface area (Å²) in [6.07, 6.45) is 4.32. The van der Waals surface area contributed by atoms with Gasteiger partial charge in [-0.2, -0.15) is 0 Å². The number of thioether (sulfide) groups is 1. The summed E-state index contributed by atoms with van der Waals surface area (Å²) in [6, 6.07) is 15.5. The Kier molecular flexibility index (Phi) is 6.23. The van der Waals surface area contributed by atoms with Crippen LogP contribution in [0.25, 0.3) is 16.6 Å². The van der Waals surface area contributed by atoms with E-state index in [9.17, 15) is 9.59 Å². The molecule has 0 aliphatic carbocycles. The number of aromatic nitrogens is 2. The minimum Gasteiger partial charge on any atom is -0.339 e. The maximum atomic E-state index is 13.3. The lowest BCUT2D eigenvalue weighted by Crippen LogP contribution is -2.44. The second kappa shape index (κ2) is 9.04. The van der Waals surface area contributed by atoms with Crippen LogP contribution in [0.15, 0.2) is 58.5 Å². The highest BCUT2D eigenvalue weighted by Gasteiger charge is 2.25. The van der Waals surface area contributed by atoms with Crippen LogP contribution in [0.1, 0.15) is 38.2 Å². The molecule has 1 aliphatic rings. The van der Waals surface area contributed by atoms with Gasteiger partial charge in [0.25, 0.3) is 5.56 Å². The first-order chi connectivity index (χ1) is 14.6. The van der Waals surface area contributed by atoms with Crippen LogP contribution in [0.2, 0.25) is 0 Å². The highest BCUT2D eigenvalue weighted by atomic mass is 32.2. The Morgan fingerprint density at radius 2 is 1.90 bits per heavy atom. The second-order valence-electron chi connectivity index (χ2n) is 7.82. The molecule has 0 bridgehead atoms. The fourth-order valence-electron chi connectivity index (χ4n) is 4.09. The van der Waals surface area contributed by atoms with E-state index in [1.165, 1.54) is 18.2 Å². The molecule has 6 heteroatoms. The van der Waals surface area contributed by atoms with Gasteiger partial charge in [-0.25, -0.2) is 4.98 Å². The molecule has 2 heterocycles. The van der Waals surface area contributed by atoms with Crippen molar-refractivity contribution in [1.29, 1.82) is 0 Å². The van der Waals surface area contributed by atoms with Crippen molar-refractivity contribution in [3.05, 3.63) is 64.4 Å². The maximum Gasteiger partial charge on any atom is 0.266 e. The third-order valence-corrected chi connectivity index (χ3v) is 6.70. The summed E-state index contributed by atoms with van der Waals surface area (Å²) in [7, 11) is 0. The smallest absolute Gasteiger partial charge is 0.266 e. The number of benzene rings is 2. The molecule has 0 unspecified atom stereocenters. The number of likely N-dealkylation sites (tertiary alicyclic amines) is 1. The predicted octanol–water partition coefficient (Wildman–Crippen LogP) is 4.58. The Balaban J connectivity index is 1.69. The van der Waals surface area contributed by atoms with E-state index in [4.69, 9.17) is 4.98 Å². The van der Waals surface area contributed by atoms with Gasteiger partial charge in [0.2, 0.25) is 5.91 Å². The number of amides is 1. The normalized spacial score (nSPS) is 16.7. The van der Waals surface area contributed by atoms with E-state index in [-0.39, 0.29) is 17.2 Å². The molecule has 0 radical (unpaired) electrons. The Labute approximate surface area is 181 Å². The molecule has 3 aromatic rings. The summed E-state index contributed by atoms with van der Waals surface area (Å²) < 4.78 is 1.63. The van der Waals surface area contributed by atoms with Gasteiger partial charge in [-0.05, 0) is 56.9 Å². The zero-order valence-electron chi connectivity index (χ0n) is 17.5. The molecule has 1 saturated heterocycles. The average Bonchev–Trinajstić information content (AvgIpc) is 2.78. The fourth-order valence-corrected chi connectivity index (χ4v) is 4.99. The van der Waals surface area contributed by atoms with E-state index in [1.807, 2.05) is 54.3 Å². The summed E-state index contributed by atoms with van der Waals surface area (Å²) in [5.74, 6) is 0.414. The molecule has 156 valence electrons. The molecule has 1 fully saturated rings. The number of nitrogens with zero attached hydrogens (tertiary/aromatic N) is 3. The lowest BCUT2D eigenvalue weighted by molar-refractivity contribution is -0.132. The van der Waals surface area contributed by atoms with Crippen LogP contribution in [0.3, 0.4) is 0 Å². The lowest BCUT2D eigenvalue weighted by Gasteiger charge is -2.35. The van der Waals surface area contributed by atoms with Crippen molar-refractivity contribution in [2.45, 2.75) is 50.7 Å². The van der Waals surface area contributed by atoms with Crippen molar-refractivity contribution in [1.82, 2.24) is 14.5 Å². The van der Waals surface area contributed by atoms with E-state index in [1.54, 1.807) is 10.6 Å². The first-order valence-corrected chi connectivity index (χ1v) is 11.6. The molecule has 4 rings (SSSR count). The van der Waals surface area contributed by atoms with Gasteiger partial charge in [0.05, 0.1) is 22.3 Å². The van der Waals surface area contributed by atoms with Crippen LogP contribution in [-0.4, -0.2) is 38.7 Å². The number of piperidine rings is 1. The third kappa shape index (κ3) is 4.15. The van der Waals surface area contributed by atoms with Crippen molar-refractivity contribution >= 4 is 28.6 Å². The highest BCUT2D eigenvalue weighted by Crippen LogP contribution is 2.25. The summed E-state index contributed by atoms with van der Waals surface area (Å²) in [5, 5.41) is 1.14. The largest absolute Gasteiger partial charge is 0.339 e. The van der Waals surface area contributed by atoms with E-state index in [0.29, 0.717) is 22.1 Å². The molecular weight excluding hydrogens is 394 g/mol. The molecule has 0 spiro atoms. The van der Waals surface area contributed by atoms with E-state index < -0.39 is 0 Å². The minimum atomic E-state index is -0.108. The standard InChI is InChI=1S/C24H27N3O2S/c1-3-18-8-6-7-15-26(18)22(28)16-30-24-25-21-10-5-4-9-20(21)23(29)27(24)19-13-11-17(2)12-14-19/h4-5,9-14,18H,3,6-8,15-16H2,1-2H3/t18-/m1/s1. The minimum absolute atomic E-state index is 0.108. The molecule has 2 aromatic carbocycles. The average molecular weight is 422 g/mol. The number of para-hydroxylation sites is 1. The number of aryl methyl sites for hydroxylation is 1. The van der Waals surface area contributed by atoms with Gasteiger partial charge in [-0.3, -0.25) is 14.2 Å². The van der Waals surface area contributed by atoms with Gasteiger partial charge in [-0.1, -0.05) is 48.5 Å². The van der Waals surface area contributed by atoms with Crippen molar-refractivity contribution < 1.29 is 4.79 Å². The molecular formula is C24H27N3O2S. The SMILES string of the molecule is CC[C@@H]1CCCCN1C(=O)CSc1nc2ccccc2c(=O)n1-c1ccc(C)cc1. The van der Waals surface area contributed by atoms with Gasteiger partial charge in [0.15, 0.2) is 5.16 Å². The Morgan fingerprint density at radius 1 is 1.13 bits per heavy atom. The van der Waals surface area contributed by atoms with E-state index in [0.717, 1.165) is 37.1 Å². The maximum absolute atomic E-state index is 13.3. The molecule has 0 N–H and O–H groups in total. The van der Waals surface area contributed by atoms with Crippen molar-refractivity contribution in [3.8, 4) is 5.69 Å². The fraction of sp³-hybridized carbons (Fsp3) is 0.375. The topological polar surface area (TPSA) is 55.2 Å². The van der Waals surface area contributed by atoms with Gasteiger partial charge < -0.3 is 4.90 Å². The summed E-state index contributed by atoms with van der Waals surface area (Å²) >= 11 is 1.35. The predicted molar refractivity (Wildman–Crippen MR) is 122 cm³/mol. The highest BCUT2D eigenvalue weighted by molar-refractivity contribution is 7.99. The number of carbonyl (C=O) groups is 1. The number of rotatable bonds is 5. The molecule has 1 aromatic heterocycles. The van der Waals surface area contributed by atoms with Gasteiger partial charge in [0.1, 0.15) is 0 Å². The first-order valence-electron chi connectivity index (χ1n) is 10.6. The molecule has 30 heavy (non-hydrogen) atoms. The van der Waals surface area contributed by atoms with E-state index in [2.05, 4.69) is 6.92 Å². The van der Waals surface area contributed by atoms with Crippen LogP contribution >= 0.6 is 11.8 Å². The molecule has 1 amide bonds. The summed E-state index contributed by atoms with van der Waals surface area (Å²) in [4.78, 5) is 33.0. The first kappa shape index (κ1) is 20.7. The third-order valence-electron chi connectivity index (χ3n) is 5.78. The molecule has 1 aliphatic heterocycles. The quantitative estimate of drug-likeness (QED) is 0.447. The number of hydrogen-bond donors (Lipinski definition) is 0. The van der Waals surface area contributed by atoms with Crippen molar-refractivity contribution in [2.24, 2.45) is 0 Å². The molecule has 0 saturated carbocycles. The van der Waals surface area contributed by atoms with Gasteiger partial charge >= 0.3 is 0 Å². The van der Waals surface area contributed by atoms with Crippen LogP contribution < -0.4 is 5.56 Å². The van der Waals surface area contributed by atoms with E-state index >= 15 is 0 Å². The Morgan fingerprint density at radius 3 is 2.67 bits per heavy atom. The van der Waals surface area contributed by atoms with Crippen LogP contribution in [0.4, 0.5) is 0 Å². The molecule has 1 atom stereocenters. The summed E-state index contributed by atoms with van der Waals surface area (Å²) in [6.45, 7) is 4.99. The number of fused-ring (bicyclic) bond motifs is 1. The lowest BCUT2D eigenvalue weighted by atomic mass is 10.0. The molecule has 5 nitrogen and oxygen atoms in total. The van der Waals surface area contributed by atoms with Crippen LogP contribution in [0.5, 0.6) is 0 Å². The zero-order valence-corrected chi connectivity index (χ0v) is 18.3. The van der Waals surface area contributed by atoms with Gasteiger partial charge in [-0.15, -0.1) is 0 Å². The van der Waals surface area contributed by atoms with Crippen molar-refractivity contribution in [3.63, 3.8) is 0 Å². The number of carbonyl (C=O) groups excluding carboxylic acids is 1.